The average Bonchev–Trinajstić information content (AvgIpc) is 3.99. The molecule has 0 aliphatic heterocycles. The SMILES string of the molecule is N#Cc1ccc(N(c2ccc(-c3ccccc3)cc2)c2ccc3c(c2)C2(c4ccccc4-c4ccccc42)c2c-3c3ccccc3c3cc(N(c4ccc(C#N)cc4)c4ccc(-c5ccccc5)cc4)ccc23)cc1. The van der Waals surface area contributed by atoms with Crippen molar-refractivity contribution in [3.05, 3.63) is 300 Å². The quantitative estimate of drug-likeness (QED) is 0.142. The van der Waals surface area contributed by atoms with Gasteiger partial charge in [-0.25, -0.2) is 0 Å². The van der Waals surface area contributed by atoms with Gasteiger partial charge in [0.05, 0.1) is 28.7 Å². The number of rotatable bonds is 8. The van der Waals surface area contributed by atoms with E-state index in [4.69, 9.17) is 0 Å². The molecule has 12 aromatic carbocycles. The minimum absolute atomic E-state index is 0.614. The van der Waals surface area contributed by atoms with Gasteiger partial charge in [0.2, 0.25) is 0 Å². The van der Waals surface area contributed by atoms with E-state index in [0.29, 0.717) is 11.1 Å². The van der Waals surface area contributed by atoms with Crippen molar-refractivity contribution < 1.29 is 0 Å². The van der Waals surface area contributed by atoms with Gasteiger partial charge in [-0.1, -0.05) is 170 Å². The Bertz CT molecular complexity index is 4240. The summed E-state index contributed by atoms with van der Waals surface area (Å²) in [4.78, 5) is 4.63. The monoisotopic (exact) mass is 952 g/mol. The molecule has 0 fully saturated rings. The molecule has 0 saturated carbocycles. The van der Waals surface area contributed by atoms with E-state index in [1.807, 2.05) is 48.5 Å². The van der Waals surface area contributed by atoms with Crippen molar-refractivity contribution in [2.75, 3.05) is 9.80 Å². The summed E-state index contributed by atoms with van der Waals surface area (Å²) < 4.78 is 0. The Kier molecular flexibility index (Phi) is 10.2. The summed E-state index contributed by atoms with van der Waals surface area (Å²) in [6.07, 6.45) is 0. The fraction of sp³-hybridized carbons (Fsp3) is 0.0141. The number of benzene rings is 12. The lowest BCUT2D eigenvalue weighted by Crippen LogP contribution is -2.26. The van der Waals surface area contributed by atoms with Crippen LogP contribution in [0.2, 0.25) is 0 Å². The van der Waals surface area contributed by atoms with Gasteiger partial charge in [0.15, 0.2) is 0 Å². The van der Waals surface area contributed by atoms with Crippen molar-refractivity contribution in [3.63, 3.8) is 0 Å². The van der Waals surface area contributed by atoms with E-state index in [1.165, 1.54) is 60.7 Å². The zero-order valence-corrected chi connectivity index (χ0v) is 40.7. The van der Waals surface area contributed by atoms with Crippen molar-refractivity contribution in [1.82, 2.24) is 0 Å². The molecule has 0 saturated heterocycles. The maximum atomic E-state index is 9.89. The highest BCUT2D eigenvalue weighted by atomic mass is 15.1. The van der Waals surface area contributed by atoms with Gasteiger partial charge in [-0.3, -0.25) is 0 Å². The van der Waals surface area contributed by atoms with Crippen LogP contribution in [0.25, 0.3) is 66.1 Å². The molecule has 4 heteroatoms. The van der Waals surface area contributed by atoms with E-state index in [1.54, 1.807) is 0 Å². The van der Waals surface area contributed by atoms with E-state index in [9.17, 15) is 10.5 Å². The third kappa shape index (κ3) is 6.82. The third-order valence-corrected chi connectivity index (χ3v) is 15.5. The zero-order valence-electron chi connectivity index (χ0n) is 40.7. The predicted octanol–water partition coefficient (Wildman–Crippen LogP) is 18.4. The first-order valence-electron chi connectivity index (χ1n) is 25.4. The summed E-state index contributed by atoms with van der Waals surface area (Å²) in [6, 6.07) is 100. The van der Waals surface area contributed by atoms with Crippen molar-refractivity contribution >= 4 is 55.7 Å². The lowest BCUT2D eigenvalue weighted by molar-refractivity contribution is 0.801. The number of anilines is 6. The van der Waals surface area contributed by atoms with Gasteiger partial charge in [0.25, 0.3) is 0 Å². The average molecular weight is 953 g/mol. The van der Waals surface area contributed by atoms with Crippen LogP contribution in [0.15, 0.2) is 267 Å². The van der Waals surface area contributed by atoms with Crippen LogP contribution < -0.4 is 9.80 Å². The molecule has 0 radical (unpaired) electrons. The Labute approximate surface area is 436 Å². The molecular weight excluding hydrogens is 909 g/mol. The van der Waals surface area contributed by atoms with Gasteiger partial charge in [-0.15, -0.1) is 0 Å². The minimum atomic E-state index is -0.689. The number of hydrogen-bond donors (Lipinski definition) is 0. The minimum Gasteiger partial charge on any atom is -0.310 e. The van der Waals surface area contributed by atoms with Gasteiger partial charge in [-0.2, -0.15) is 10.5 Å². The number of nitriles is 2. The fourth-order valence-electron chi connectivity index (χ4n) is 12.2. The first kappa shape index (κ1) is 43.5. The molecular formula is C71H44N4. The topological polar surface area (TPSA) is 54.1 Å². The molecule has 2 aliphatic carbocycles. The smallest absolute Gasteiger partial charge is 0.0991 e. The largest absolute Gasteiger partial charge is 0.310 e. The summed E-state index contributed by atoms with van der Waals surface area (Å²) in [7, 11) is 0. The van der Waals surface area contributed by atoms with Crippen molar-refractivity contribution in [2.45, 2.75) is 5.41 Å². The first-order chi connectivity index (χ1) is 37.1. The van der Waals surface area contributed by atoms with Gasteiger partial charge >= 0.3 is 0 Å². The molecule has 12 aromatic rings. The Morgan fingerprint density at radius 1 is 0.280 bits per heavy atom. The van der Waals surface area contributed by atoms with Gasteiger partial charge in [0.1, 0.15) is 0 Å². The van der Waals surface area contributed by atoms with E-state index in [2.05, 4.69) is 240 Å². The Balaban J connectivity index is 1.02. The molecule has 0 N–H and O–H groups in total. The molecule has 2 aliphatic rings. The van der Waals surface area contributed by atoms with E-state index in [-0.39, 0.29) is 0 Å². The normalized spacial score (nSPS) is 12.3. The van der Waals surface area contributed by atoms with Crippen molar-refractivity contribution in [2.24, 2.45) is 0 Å². The Hall–Kier alpha value is -10.3. The molecule has 4 nitrogen and oxygen atoms in total. The second kappa shape index (κ2) is 17.5. The highest BCUT2D eigenvalue weighted by Crippen LogP contribution is 2.66. The Morgan fingerprint density at radius 2 is 0.680 bits per heavy atom. The van der Waals surface area contributed by atoms with E-state index < -0.39 is 5.41 Å². The molecule has 0 atom stereocenters. The van der Waals surface area contributed by atoms with Gasteiger partial charge in [-0.05, 0) is 185 Å². The molecule has 14 rings (SSSR count). The molecule has 0 bridgehead atoms. The summed E-state index contributed by atoms with van der Waals surface area (Å²) in [5, 5.41) is 24.5. The van der Waals surface area contributed by atoms with Crippen LogP contribution in [-0.4, -0.2) is 0 Å². The maximum absolute atomic E-state index is 9.89. The van der Waals surface area contributed by atoms with Crippen LogP contribution in [0.3, 0.4) is 0 Å². The Morgan fingerprint density at radius 3 is 1.19 bits per heavy atom. The summed E-state index contributed by atoms with van der Waals surface area (Å²) in [6.45, 7) is 0. The van der Waals surface area contributed by atoms with Crippen LogP contribution in [0.5, 0.6) is 0 Å². The molecule has 0 amide bonds. The van der Waals surface area contributed by atoms with Gasteiger partial charge < -0.3 is 9.80 Å². The highest BCUT2D eigenvalue weighted by molar-refractivity contribution is 6.21. The van der Waals surface area contributed by atoms with Crippen LogP contribution in [0.4, 0.5) is 34.1 Å². The van der Waals surface area contributed by atoms with Crippen molar-refractivity contribution in [1.29, 1.82) is 10.5 Å². The molecule has 0 heterocycles. The van der Waals surface area contributed by atoms with E-state index >= 15 is 0 Å². The summed E-state index contributed by atoms with van der Waals surface area (Å²) in [5.41, 5.74) is 21.1. The van der Waals surface area contributed by atoms with Gasteiger partial charge in [0, 0.05) is 34.1 Å². The second-order valence-corrected chi connectivity index (χ2v) is 19.4. The zero-order chi connectivity index (χ0) is 50.0. The number of hydrogen-bond acceptors (Lipinski definition) is 4. The molecule has 348 valence electrons. The molecule has 0 unspecified atom stereocenters. The summed E-state index contributed by atoms with van der Waals surface area (Å²) >= 11 is 0. The molecule has 75 heavy (non-hydrogen) atoms. The lowest BCUT2D eigenvalue weighted by Gasteiger charge is -2.33. The highest BCUT2D eigenvalue weighted by Gasteiger charge is 2.53. The molecule has 0 aromatic heterocycles. The fourth-order valence-corrected chi connectivity index (χ4v) is 12.2. The maximum Gasteiger partial charge on any atom is 0.0991 e. The van der Waals surface area contributed by atoms with Crippen LogP contribution >= 0.6 is 0 Å². The van der Waals surface area contributed by atoms with Crippen LogP contribution in [0, 0.1) is 22.7 Å². The predicted molar refractivity (Wildman–Crippen MR) is 307 cm³/mol. The van der Waals surface area contributed by atoms with Crippen LogP contribution in [-0.2, 0) is 5.41 Å². The number of fused-ring (bicyclic) bond motifs is 15. The van der Waals surface area contributed by atoms with Crippen LogP contribution in [0.1, 0.15) is 33.4 Å². The van der Waals surface area contributed by atoms with E-state index in [0.717, 1.165) is 61.8 Å². The standard InChI is InChI=1S/C71H44N4/c72-45-47-23-31-53(32-24-47)74(55-35-27-51(28-36-55)49-13-3-1-4-14-49)57-39-41-63-65(43-57)59-17-7-8-20-62(59)69-64-42-40-58(44-68(64)71(70(63)69)66-21-11-9-18-60(66)61-19-10-12-22-67(61)71)75(54-33-25-48(46-73)26-34-54)56-37-29-52(30-38-56)50-15-5-2-6-16-50/h1-44H. The summed E-state index contributed by atoms with van der Waals surface area (Å²) in [5.74, 6) is 0. The second-order valence-electron chi connectivity index (χ2n) is 19.4. The number of nitrogens with zero attached hydrogens (tertiary/aromatic N) is 4. The first-order valence-corrected chi connectivity index (χ1v) is 25.4. The third-order valence-electron chi connectivity index (χ3n) is 15.5. The lowest BCUT2D eigenvalue weighted by atomic mass is 9.69. The molecule has 1 spiro atoms. The van der Waals surface area contributed by atoms with Crippen molar-refractivity contribution in [3.8, 4) is 56.6 Å².